The molecule has 2 aromatic rings. The number of hydrogen-bond donors (Lipinski definition) is 4. The lowest BCUT2D eigenvalue weighted by Crippen LogP contribution is -2.49. The van der Waals surface area contributed by atoms with Crippen LogP contribution in [0.4, 0.5) is 0 Å². The Morgan fingerprint density at radius 1 is 0.968 bits per heavy atom. The molecule has 0 spiro atoms. The average Bonchev–Trinajstić information content (AvgIpc) is 2.74. The van der Waals surface area contributed by atoms with E-state index >= 15 is 0 Å². The van der Waals surface area contributed by atoms with Gasteiger partial charge in [-0.2, -0.15) is 0 Å². The van der Waals surface area contributed by atoms with Crippen molar-refractivity contribution in [2.75, 3.05) is 19.8 Å². The lowest BCUT2D eigenvalue weighted by Gasteiger charge is -2.43. The molecule has 4 N–H and O–H groups in total. The fraction of sp³-hybridized carbons (Fsp3) is 0.458. The third-order valence-corrected chi connectivity index (χ3v) is 5.48. The maximum atomic E-state index is 10.7. The van der Waals surface area contributed by atoms with Crippen molar-refractivity contribution in [1.29, 1.82) is 0 Å². The third-order valence-electron chi connectivity index (χ3n) is 5.48. The molecule has 3 rings (SSSR count). The zero-order chi connectivity index (χ0) is 23.1. The quantitative estimate of drug-likeness (QED) is 0.545. The number of aromatic hydroxyl groups is 2. The number of rotatable bonds is 6. The largest absolute Gasteiger partial charge is 0.508 e. The van der Waals surface area contributed by atoms with Crippen molar-refractivity contribution in [3.05, 3.63) is 48.5 Å². The van der Waals surface area contributed by atoms with Crippen LogP contribution in [0.3, 0.4) is 0 Å². The predicted octanol–water partition coefficient (Wildman–Crippen LogP) is 4.01. The maximum absolute atomic E-state index is 10.7. The van der Waals surface area contributed by atoms with Crippen LogP contribution in [0.25, 0.3) is 11.1 Å². The van der Waals surface area contributed by atoms with Gasteiger partial charge in [0, 0.05) is 10.8 Å². The summed E-state index contributed by atoms with van der Waals surface area (Å²) < 4.78 is 11.2. The van der Waals surface area contributed by atoms with E-state index in [2.05, 4.69) is 0 Å². The predicted molar refractivity (Wildman–Crippen MR) is 117 cm³/mol. The molecule has 7 heteroatoms. The van der Waals surface area contributed by atoms with Crippen LogP contribution >= 0.6 is 0 Å². The monoisotopic (exact) mass is 432 g/mol. The molecule has 1 fully saturated rings. The van der Waals surface area contributed by atoms with Gasteiger partial charge < -0.3 is 29.9 Å². The molecular weight excluding hydrogens is 400 g/mol. The number of carbonyl (C=O) groups is 1. The molecule has 0 saturated carbocycles. The molecule has 0 unspecified atom stereocenters. The molecule has 0 aliphatic carbocycles. The van der Waals surface area contributed by atoms with Crippen LogP contribution in [0.1, 0.15) is 33.6 Å². The van der Waals surface area contributed by atoms with Crippen LogP contribution in [-0.4, -0.2) is 52.5 Å². The van der Waals surface area contributed by atoms with Crippen molar-refractivity contribution in [2.45, 2.75) is 39.9 Å². The Balaban J connectivity index is 0.000000224. The minimum Gasteiger partial charge on any atom is -0.508 e. The van der Waals surface area contributed by atoms with Gasteiger partial charge in [-0.05, 0) is 41.8 Å². The summed E-state index contributed by atoms with van der Waals surface area (Å²) in [6, 6.07) is 13.9. The van der Waals surface area contributed by atoms with Crippen molar-refractivity contribution < 1.29 is 34.7 Å². The molecular formula is C24H32O7. The zero-order valence-electron chi connectivity index (χ0n) is 18.2. The smallest absolute Gasteiger partial charge is 0.304 e. The number of carboxylic acid groups (broad SMARTS) is 1. The summed E-state index contributed by atoms with van der Waals surface area (Å²) in [5.74, 6) is -0.350. The lowest BCUT2D eigenvalue weighted by molar-refractivity contribution is -0.275. The fourth-order valence-electron chi connectivity index (χ4n) is 3.23. The number of aliphatic hydroxyl groups is 1. The Kier molecular flexibility index (Phi) is 8.44. The standard InChI is InChI=1S/C12H22O5.C12H10O2/c1-4-12(6-13)7-16-10(17-8-12)11(2,3)5-9(14)15;13-11-5-1-9(2-6-11)10-3-7-12(14)8-4-10/h10,13H,4-8H2,1-3H3,(H,14,15);1-8,13-14H. The van der Waals surface area contributed by atoms with E-state index in [0.717, 1.165) is 17.5 Å². The van der Waals surface area contributed by atoms with Gasteiger partial charge in [0.2, 0.25) is 0 Å². The number of carboxylic acids is 1. The number of aliphatic carboxylic acids is 1. The fourth-order valence-corrected chi connectivity index (χ4v) is 3.23. The molecule has 1 heterocycles. The molecule has 2 aromatic carbocycles. The molecule has 31 heavy (non-hydrogen) atoms. The molecule has 1 aliphatic heterocycles. The third kappa shape index (κ3) is 6.95. The Hall–Kier alpha value is -2.61. The van der Waals surface area contributed by atoms with Crippen molar-refractivity contribution in [2.24, 2.45) is 10.8 Å². The first-order valence-corrected chi connectivity index (χ1v) is 10.2. The Bertz CT molecular complexity index is 771. The molecule has 1 aliphatic rings. The summed E-state index contributed by atoms with van der Waals surface area (Å²) >= 11 is 0. The van der Waals surface area contributed by atoms with Crippen LogP contribution < -0.4 is 0 Å². The first kappa shape index (κ1) is 24.7. The van der Waals surface area contributed by atoms with Gasteiger partial charge in [-0.1, -0.05) is 45.0 Å². The zero-order valence-corrected chi connectivity index (χ0v) is 18.2. The van der Waals surface area contributed by atoms with Crippen molar-refractivity contribution in [3.8, 4) is 22.6 Å². The summed E-state index contributed by atoms with van der Waals surface area (Å²) in [5, 5.41) is 36.4. The van der Waals surface area contributed by atoms with Gasteiger partial charge >= 0.3 is 5.97 Å². The lowest BCUT2D eigenvalue weighted by atomic mass is 9.84. The second-order valence-electron chi connectivity index (χ2n) is 8.62. The molecule has 0 aromatic heterocycles. The van der Waals surface area contributed by atoms with Crippen LogP contribution in [0.15, 0.2) is 48.5 Å². The highest BCUT2D eigenvalue weighted by atomic mass is 16.7. The number of phenolic OH excluding ortho intramolecular Hbond substituents is 2. The first-order valence-electron chi connectivity index (χ1n) is 10.2. The van der Waals surface area contributed by atoms with Crippen LogP contribution in [0, 0.1) is 10.8 Å². The van der Waals surface area contributed by atoms with Crippen molar-refractivity contribution >= 4 is 5.97 Å². The second kappa shape index (κ2) is 10.6. The summed E-state index contributed by atoms with van der Waals surface area (Å²) in [4.78, 5) is 10.7. The summed E-state index contributed by atoms with van der Waals surface area (Å²) in [7, 11) is 0. The van der Waals surface area contributed by atoms with E-state index in [1.807, 2.05) is 45.0 Å². The molecule has 0 bridgehead atoms. The van der Waals surface area contributed by atoms with Gasteiger partial charge in [-0.3, -0.25) is 4.79 Å². The van der Waals surface area contributed by atoms with Crippen LogP contribution in [-0.2, 0) is 14.3 Å². The molecule has 7 nitrogen and oxygen atoms in total. The van der Waals surface area contributed by atoms with Gasteiger partial charge in [0.05, 0.1) is 26.2 Å². The summed E-state index contributed by atoms with van der Waals surface area (Å²) in [6.45, 7) is 6.44. The van der Waals surface area contributed by atoms with Gasteiger partial charge in [0.15, 0.2) is 6.29 Å². The number of aliphatic hydroxyl groups excluding tert-OH is 1. The van der Waals surface area contributed by atoms with Crippen molar-refractivity contribution in [3.63, 3.8) is 0 Å². The van der Waals surface area contributed by atoms with Gasteiger partial charge in [-0.25, -0.2) is 0 Å². The number of phenols is 2. The van der Waals surface area contributed by atoms with E-state index in [4.69, 9.17) is 24.8 Å². The highest BCUT2D eigenvalue weighted by molar-refractivity contribution is 5.67. The highest BCUT2D eigenvalue weighted by Crippen LogP contribution is 2.36. The van der Waals surface area contributed by atoms with E-state index in [1.165, 1.54) is 0 Å². The summed E-state index contributed by atoms with van der Waals surface area (Å²) in [5.41, 5.74) is 1.13. The molecule has 170 valence electrons. The van der Waals surface area contributed by atoms with Gasteiger partial charge in [0.25, 0.3) is 0 Å². The first-order chi connectivity index (χ1) is 14.6. The van der Waals surface area contributed by atoms with E-state index in [1.54, 1.807) is 24.3 Å². The van der Waals surface area contributed by atoms with Gasteiger partial charge in [-0.15, -0.1) is 0 Å². The minimum atomic E-state index is -0.864. The topological polar surface area (TPSA) is 116 Å². The SMILES string of the molecule is CCC1(CO)COC(C(C)(C)CC(=O)O)OC1.Oc1ccc(-c2ccc(O)cc2)cc1. The van der Waals surface area contributed by atoms with E-state index in [9.17, 15) is 9.90 Å². The molecule has 0 radical (unpaired) electrons. The van der Waals surface area contributed by atoms with Crippen LogP contribution in [0.2, 0.25) is 0 Å². The Morgan fingerprint density at radius 3 is 1.71 bits per heavy atom. The number of benzene rings is 2. The number of ether oxygens (including phenoxy) is 2. The highest BCUT2D eigenvalue weighted by Gasteiger charge is 2.42. The Labute approximate surface area is 182 Å². The minimum absolute atomic E-state index is 0.00405. The summed E-state index contributed by atoms with van der Waals surface area (Å²) in [6.07, 6.45) is 0.246. The Morgan fingerprint density at radius 2 is 1.39 bits per heavy atom. The van der Waals surface area contributed by atoms with Crippen molar-refractivity contribution in [1.82, 2.24) is 0 Å². The van der Waals surface area contributed by atoms with Crippen LogP contribution in [0.5, 0.6) is 11.5 Å². The van der Waals surface area contributed by atoms with E-state index in [-0.39, 0.29) is 29.9 Å². The van der Waals surface area contributed by atoms with E-state index in [0.29, 0.717) is 13.2 Å². The number of hydrogen-bond acceptors (Lipinski definition) is 6. The average molecular weight is 433 g/mol. The second-order valence-corrected chi connectivity index (χ2v) is 8.62. The molecule has 0 atom stereocenters. The molecule has 0 amide bonds. The maximum Gasteiger partial charge on any atom is 0.304 e. The van der Waals surface area contributed by atoms with E-state index < -0.39 is 17.7 Å². The molecule has 1 saturated heterocycles. The normalized spacial score (nSPS) is 21.1. The van der Waals surface area contributed by atoms with Gasteiger partial charge in [0.1, 0.15) is 11.5 Å².